The Hall–Kier alpha value is -1.88. The standard InChI is InChI=1S/C15H21N3O2/c1-9(2)13(16)15(20)18-12-6-4-3-5-11(12)14(19)17-10-7-8-10/h3-6,9-10,13H,7-8,16H2,1-2H3,(H,17,19)(H,18,20)/t13-/m0/s1. The molecule has 5 heteroatoms. The molecule has 0 aliphatic heterocycles. The first-order chi connectivity index (χ1) is 9.49. The van der Waals surface area contributed by atoms with Gasteiger partial charge in [0.15, 0.2) is 0 Å². The van der Waals surface area contributed by atoms with E-state index in [1.165, 1.54) is 0 Å². The number of carbonyl (C=O) groups is 2. The Morgan fingerprint density at radius 2 is 1.90 bits per heavy atom. The van der Waals surface area contributed by atoms with Crippen molar-refractivity contribution in [1.29, 1.82) is 0 Å². The number of nitrogens with one attached hydrogen (secondary N) is 2. The highest BCUT2D eigenvalue weighted by Crippen LogP contribution is 2.21. The molecule has 0 saturated heterocycles. The lowest BCUT2D eigenvalue weighted by molar-refractivity contribution is -0.118. The van der Waals surface area contributed by atoms with E-state index in [4.69, 9.17) is 5.73 Å². The molecule has 0 aromatic heterocycles. The van der Waals surface area contributed by atoms with Crippen LogP contribution in [0, 0.1) is 5.92 Å². The summed E-state index contributed by atoms with van der Waals surface area (Å²) in [6.45, 7) is 3.77. The predicted molar refractivity (Wildman–Crippen MR) is 78.4 cm³/mol. The molecule has 20 heavy (non-hydrogen) atoms. The van der Waals surface area contributed by atoms with E-state index in [1.54, 1.807) is 24.3 Å². The summed E-state index contributed by atoms with van der Waals surface area (Å²) in [5.74, 6) is -0.379. The maximum Gasteiger partial charge on any atom is 0.253 e. The minimum absolute atomic E-state index is 0.0439. The fourth-order valence-corrected chi connectivity index (χ4v) is 1.80. The maximum absolute atomic E-state index is 12.1. The molecule has 4 N–H and O–H groups in total. The molecular weight excluding hydrogens is 254 g/mol. The number of hydrogen-bond acceptors (Lipinski definition) is 3. The molecule has 108 valence electrons. The summed E-state index contributed by atoms with van der Waals surface area (Å²) in [7, 11) is 0. The van der Waals surface area contributed by atoms with E-state index < -0.39 is 6.04 Å². The summed E-state index contributed by atoms with van der Waals surface area (Å²) >= 11 is 0. The molecular formula is C15H21N3O2. The van der Waals surface area contributed by atoms with Crippen LogP contribution in [0.1, 0.15) is 37.0 Å². The number of rotatable bonds is 5. The summed E-state index contributed by atoms with van der Waals surface area (Å²) in [4.78, 5) is 24.1. The van der Waals surface area contributed by atoms with Crippen molar-refractivity contribution in [2.75, 3.05) is 5.32 Å². The molecule has 1 saturated carbocycles. The summed E-state index contributed by atoms with van der Waals surface area (Å²) in [6, 6.07) is 6.67. The molecule has 0 unspecified atom stereocenters. The summed E-state index contributed by atoms with van der Waals surface area (Å²) in [6.07, 6.45) is 2.05. The van der Waals surface area contributed by atoms with Gasteiger partial charge in [0.2, 0.25) is 5.91 Å². The first kappa shape index (κ1) is 14.5. The number of carbonyl (C=O) groups excluding carboxylic acids is 2. The van der Waals surface area contributed by atoms with Gasteiger partial charge in [-0.25, -0.2) is 0 Å². The van der Waals surface area contributed by atoms with Crippen LogP contribution in [0.15, 0.2) is 24.3 Å². The second-order valence-corrected chi connectivity index (χ2v) is 5.55. The van der Waals surface area contributed by atoms with E-state index >= 15 is 0 Å². The third kappa shape index (κ3) is 3.57. The molecule has 1 aromatic rings. The average Bonchev–Trinajstić information content (AvgIpc) is 3.22. The van der Waals surface area contributed by atoms with Crippen LogP contribution in [0.5, 0.6) is 0 Å². The normalized spacial score (nSPS) is 15.8. The summed E-state index contributed by atoms with van der Waals surface area (Å²) < 4.78 is 0. The molecule has 0 radical (unpaired) electrons. The van der Waals surface area contributed by atoms with Gasteiger partial charge >= 0.3 is 0 Å². The Balaban J connectivity index is 2.10. The number of anilines is 1. The van der Waals surface area contributed by atoms with Crippen molar-refractivity contribution in [3.8, 4) is 0 Å². The minimum atomic E-state index is -0.588. The number of benzene rings is 1. The van der Waals surface area contributed by atoms with Gasteiger partial charge in [-0.3, -0.25) is 9.59 Å². The quantitative estimate of drug-likeness (QED) is 0.761. The van der Waals surface area contributed by atoms with Crippen LogP contribution in [0.2, 0.25) is 0 Å². The van der Waals surface area contributed by atoms with E-state index in [0.717, 1.165) is 12.8 Å². The van der Waals surface area contributed by atoms with Crippen molar-refractivity contribution in [3.05, 3.63) is 29.8 Å². The first-order valence-electron chi connectivity index (χ1n) is 6.95. The lowest BCUT2D eigenvalue weighted by Gasteiger charge is -2.17. The fourth-order valence-electron chi connectivity index (χ4n) is 1.80. The molecule has 2 amide bonds. The monoisotopic (exact) mass is 275 g/mol. The van der Waals surface area contributed by atoms with Crippen LogP contribution >= 0.6 is 0 Å². The predicted octanol–water partition coefficient (Wildman–Crippen LogP) is 1.50. The van der Waals surface area contributed by atoms with Crippen molar-refractivity contribution < 1.29 is 9.59 Å². The van der Waals surface area contributed by atoms with Gasteiger partial charge in [-0.05, 0) is 30.9 Å². The number of nitrogens with two attached hydrogens (primary N) is 1. The third-order valence-corrected chi connectivity index (χ3v) is 3.36. The smallest absolute Gasteiger partial charge is 0.253 e. The fraction of sp³-hybridized carbons (Fsp3) is 0.467. The van der Waals surface area contributed by atoms with Crippen molar-refractivity contribution in [2.24, 2.45) is 11.7 Å². The van der Waals surface area contributed by atoms with Gasteiger partial charge in [-0.15, -0.1) is 0 Å². The number of hydrogen-bond donors (Lipinski definition) is 3. The second kappa shape index (κ2) is 6.05. The van der Waals surface area contributed by atoms with Crippen molar-refractivity contribution in [2.45, 2.75) is 38.8 Å². The Labute approximate surface area is 118 Å². The molecule has 0 bridgehead atoms. The first-order valence-corrected chi connectivity index (χ1v) is 6.95. The van der Waals surface area contributed by atoms with Gasteiger partial charge in [-0.2, -0.15) is 0 Å². The Kier molecular flexibility index (Phi) is 4.39. The SMILES string of the molecule is CC(C)[C@H](N)C(=O)Nc1ccccc1C(=O)NC1CC1. The summed E-state index contributed by atoms with van der Waals surface area (Å²) in [5, 5.41) is 5.66. The minimum Gasteiger partial charge on any atom is -0.349 e. The number of para-hydroxylation sites is 1. The van der Waals surface area contributed by atoms with Gasteiger partial charge in [0.1, 0.15) is 0 Å². The van der Waals surface area contributed by atoms with Crippen LogP contribution < -0.4 is 16.4 Å². The van der Waals surface area contributed by atoms with Crippen LogP contribution in [-0.2, 0) is 4.79 Å². The molecule has 1 aliphatic rings. The third-order valence-electron chi connectivity index (χ3n) is 3.36. The van der Waals surface area contributed by atoms with Crippen LogP contribution in [-0.4, -0.2) is 23.9 Å². The number of amides is 2. The molecule has 1 fully saturated rings. The molecule has 5 nitrogen and oxygen atoms in total. The van der Waals surface area contributed by atoms with Crippen molar-refractivity contribution >= 4 is 17.5 Å². The zero-order valence-electron chi connectivity index (χ0n) is 11.8. The highest BCUT2D eigenvalue weighted by atomic mass is 16.2. The molecule has 0 spiro atoms. The zero-order valence-corrected chi connectivity index (χ0v) is 11.8. The van der Waals surface area contributed by atoms with Gasteiger partial charge in [0.25, 0.3) is 5.91 Å². The largest absolute Gasteiger partial charge is 0.349 e. The van der Waals surface area contributed by atoms with E-state index in [9.17, 15) is 9.59 Å². The molecule has 1 atom stereocenters. The Morgan fingerprint density at radius 1 is 1.25 bits per heavy atom. The molecule has 2 rings (SSSR count). The second-order valence-electron chi connectivity index (χ2n) is 5.55. The maximum atomic E-state index is 12.1. The van der Waals surface area contributed by atoms with E-state index in [-0.39, 0.29) is 23.8 Å². The lowest BCUT2D eigenvalue weighted by atomic mass is 10.0. The highest BCUT2D eigenvalue weighted by molar-refractivity contribution is 6.05. The van der Waals surface area contributed by atoms with Crippen LogP contribution in [0.4, 0.5) is 5.69 Å². The topological polar surface area (TPSA) is 84.2 Å². The highest BCUT2D eigenvalue weighted by Gasteiger charge is 2.25. The summed E-state index contributed by atoms with van der Waals surface area (Å²) in [5.41, 5.74) is 6.79. The van der Waals surface area contributed by atoms with Gasteiger partial charge in [0, 0.05) is 6.04 Å². The molecule has 1 aromatic carbocycles. The van der Waals surface area contributed by atoms with Crippen molar-refractivity contribution in [1.82, 2.24) is 5.32 Å². The van der Waals surface area contributed by atoms with E-state index in [1.807, 2.05) is 13.8 Å². The van der Waals surface area contributed by atoms with Gasteiger partial charge in [0.05, 0.1) is 17.3 Å². The van der Waals surface area contributed by atoms with Crippen LogP contribution in [0.25, 0.3) is 0 Å². The molecule has 1 aliphatic carbocycles. The zero-order chi connectivity index (χ0) is 14.7. The lowest BCUT2D eigenvalue weighted by Crippen LogP contribution is -2.40. The average molecular weight is 275 g/mol. The van der Waals surface area contributed by atoms with E-state index in [2.05, 4.69) is 10.6 Å². The van der Waals surface area contributed by atoms with Gasteiger partial charge in [-0.1, -0.05) is 26.0 Å². The molecule has 0 heterocycles. The Morgan fingerprint density at radius 3 is 2.50 bits per heavy atom. The van der Waals surface area contributed by atoms with Crippen molar-refractivity contribution in [3.63, 3.8) is 0 Å². The van der Waals surface area contributed by atoms with Gasteiger partial charge < -0.3 is 16.4 Å². The Bertz CT molecular complexity index is 510. The van der Waals surface area contributed by atoms with Crippen LogP contribution in [0.3, 0.4) is 0 Å². The van der Waals surface area contributed by atoms with E-state index in [0.29, 0.717) is 11.3 Å².